The Bertz CT molecular complexity index is 968. The lowest BCUT2D eigenvalue weighted by molar-refractivity contribution is 0.739. The molecule has 0 atom stereocenters. The van der Waals surface area contributed by atoms with E-state index in [1.54, 1.807) is 0 Å². The van der Waals surface area contributed by atoms with E-state index in [4.69, 9.17) is 0 Å². The van der Waals surface area contributed by atoms with Gasteiger partial charge in [-0.15, -0.1) is 0 Å². The molecule has 2 aliphatic heterocycles. The number of fused-ring (bicyclic) bond motifs is 10. The molecule has 0 amide bonds. The van der Waals surface area contributed by atoms with Crippen molar-refractivity contribution in [3.8, 4) is 22.3 Å². The second-order valence-corrected chi connectivity index (χ2v) is 6.74. The lowest BCUT2D eigenvalue weighted by Gasteiger charge is -2.31. The number of nitrogens with zero attached hydrogens (tertiary/aromatic N) is 1. The molecule has 25 heavy (non-hydrogen) atoms. The van der Waals surface area contributed by atoms with Gasteiger partial charge in [0.25, 0.3) is 0 Å². The molecule has 1 spiro atoms. The highest BCUT2D eigenvalue weighted by atomic mass is 15.4. The van der Waals surface area contributed by atoms with Gasteiger partial charge in [-0.3, -0.25) is 0 Å². The lowest BCUT2D eigenvalue weighted by Crippen LogP contribution is -2.28. The predicted molar refractivity (Wildman–Crippen MR) is 105 cm³/mol. The predicted octanol–water partition coefficient (Wildman–Crippen LogP) is 6.95. The molecule has 0 saturated carbocycles. The third-order valence-corrected chi connectivity index (χ3v) is 5.64. The van der Waals surface area contributed by atoms with Crippen molar-refractivity contribution in [2.24, 2.45) is 0 Å². The van der Waals surface area contributed by atoms with Crippen molar-refractivity contribution in [3.63, 3.8) is 0 Å². The summed E-state index contributed by atoms with van der Waals surface area (Å²) in [7, 11) is 0. The molecule has 116 valence electrons. The van der Waals surface area contributed by atoms with Crippen LogP contribution >= 0.6 is 0 Å². The first-order valence-corrected chi connectivity index (χ1v) is 8.70. The van der Waals surface area contributed by atoms with E-state index in [9.17, 15) is 0 Å². The molecule has 1 nitrogen and oxygen atoms in total. The van der Waals surface area contributed by atoms with Gasteiger partial charge >= 0.3 is 0 Å². The number of para-hydroxylation sites is 4. The van der Waals surface area contributed by atoms with Crippen LogP contribution in [-0.4, -0.2) is 0 Å². The zero-order valence-corrected chi connectivity index (χ0v) is 13.7. The molecule has 4 aromatic carbocycles. The van der Waals surface area contributed by atoms with E-state index < -0.39 is 0 Å². The number of benzene rings is 4. The SMILES string of the molecule is c1ccc2c(c1)-c1ccccc1[N+]21c2ccccc2-c2ccccc21. The van der Waals surface area contributed by atoms with Crippen molar-refractivity contribution in [1.82, 2.24) is 4.48 Å². The van der Waals surface area contributed by atoms with E-state index in [1.165, 1.54) is 45.0 Å². The molecule has 6 rings (SSSR count). The fourth-order valence-electron chi connectivity index (χ4n) is 4.75. The van der Waals surface area contributed by atoms with E-state index in [0.29, 0.717) is 4.48 Å². The summed E-state index contributed by atoms with van der Waals surface area (Å²) in [6.45, 7) is 0. The molecule has 0 aromatic heterocycles. The standard InChI is InChI=1S/C24H16N/c1-5-13-21-17(9-1)18-10-2-6-14-22(18)25(21)23-15-7-3-11-19(23)20-12-4-8-16-24(20)25/h1-16H/q+1. The lowest BCUT2D eigenvalue weighted by atomic mass is 10.1. The fraction of sp³-hybridized carbons (Fsp3) is 0. The number of quaternary nitrogens is 1. The zero-order valence-electron chi connectivity index (χ0n) is 13.7. The average Bonchev–Trinajstić information content (AvgIpc) is 3.16. The molecule has 0 aliphatic carbocycles. The largest absolute Gasteiger partial charge is 0.192 e. The van der Waals surface area contributed by atoms with Crippen LogP contribution in [0.5, 0.6) is 0 Å². The Morgan fingerprint density at radius 2 is 0.560 bits per heavy atom. The van der Waals surface area contributed by atoms with Crippen LogP contribution in [0.25, 0.3) is 22.3 Å². The summed E-state index contributed by atoms with van der Waals surface area (Å²) in [6, 6.07) is 35.4. The zero-order chi connectivity index (χ0) is 16.4. The first-order chi connectivity index (χ1) is 12.4. The summed E-state index contributed by atoms with van der Waals surface area (Å²) in [5.74, 6) is 0. The maximum atomic E-state index is 2.29. The van der Waals surface area contributed by atoms with Gasteiger partial charge in [0.05, 0.1) is 22.3 Å². The average molecular weight is 318 g/mol. The maximum absolute atomic E-state index is 2.29. The smallest absolute Gasteiger partial charge is 0.156 e. The molecular formula is C24H16N+. The van der Waals surface area contributed by atoms with Crippen LogP contribution in [0.3, 0.4) is 0 Å². The summed E-state index contributed by atoms with van der Waals surface area (Å²) >= 11 is 0. The van der Waals surface area contributed by atoms with Gasteiger partial charge in [0.1, 0.15) is 0 Å². The van der Waals surface area contributed by atoms with Gasteiger partial charge in [-0.05, 0) is 24.3 Å². The molecule has 0 N–H and O–H groups in total. The molecule has 4 aromatic rings. The van der Waals surface area contributed by atoms with Crippen LogP contribution in [0.4, 0.5) is 22.7 Å². The van der Waals surface area contributed by atoms with E-state index in [0.717, 1.165) is 0 Å². The van der Waals surface area contributed by atoms with Gasteiger partial charge in [-0.25, -0.2) is 0 Å². The number of rotatable bonds is 0. The Morgan fingerprint density at radius 3 is 0.840 bits per heavy atom. The van der Waals surface area contributed by atoms with E-state index in [-0.39, 0.29) is 0 Å². The Balaban J connectivity index is 1.89. The van der Waals surface area contributed by atoms with Crippen molar-refractivity contribution in [3.05, 3.63) is 97.1 Å². The van der Waals surface area contributed by atoms with Gasteiger partial charge in [-0.1, -0.05) is 48.5 Å². The van der Waals surface area contributed by atoms with Gasteiger partial charge < -0.3 is 0 Å². The minimum absolute atomic E-state index is 0.707. The number of hydrogen-bond acceptors (Lipinski definition) is 0. The summed E-state index contributed by atoms with van der Waals surface area (Å²) in [4.78, 5) is 0. The van der Waals surface area contributed by atoms with Gasteiger partial charge in [0.15, 0.2) is 22.7 Å². The van der Waals surface area contributed by atoms with Crippen molar-refractivity contribution < 1.29 is 0 Å². The highest BCUT2D eigenvalue weighted by Crippen LogP contribution is 2.68. The van der Waals surface area contributed by atoms with Crippen LogP contribution in [0, 0.1) is 0 Å². The first-order valence-electron chi connectivity index (χ1n) is 8.70. The molecule has 2 heterocycles. The van der Waals surface area contributed by atoms with Crippen LogP contribution in [0.15, 0.2) is 97.1 Å². The third-order valence-electron chi connectivity index (χ3n) is 5.64. The minimum atomic E-state index is 0.707. The normalized spacial score (nSPS) is 14.7. The summed E-state index contributed by atoms with van der Waals surface area (Å²) in [5, 5.41) is 0. The monoisotopic (exact) mass is 318 g/mol. The first kappa shape index (κ1) is 13.2. The van der Waals surface area contributed by atoms with Gasteiger partial charge in [-0.2, -0.15) is 4.48 Å². The highest BCUT2D eigenvalue weighted by molar-refractivity contribution is 6.10. The quantitative estimate of drug-likeness (QED) is 0.266. The number of hydrogen-bond donors (Lipinski definition) is 0. The van der Waals surface area contributed by atoms with Gasteiger partial charge in [0, 0.05) is 24.3 Å². The molecule has 2 aliphatic rings. The Morgan fingerprint density at radius 1 is 0.320 bits per heavy atom. The second-order valence-electron chi connectivity index (χ2n) is 6.74. The fourth-order valence-corrected chi connectivity index (χ4v) is 4.75. The Kier molecular flexibility index (Phi) is 2.35. The summed E-state index contributed by atoms with van der Waals surface area (Å²) in [6.07, 6.45) is 0. The van der Waals surface area contributed by atoms with Crippen LogP contribution < -0.4 is 4.48 Å². The van der Waals surface area contributed by atoms with E-state index in [1.807, 2.05) is 0 Å². The molecule has 0 bridgehead atoms. The van der Waals surface area contributed by atoms with Crippen molar-refractivity contribution in [1.29, 1.82) is 0 Å². The molecular weight excluding hydrogens is 302 g/mol. The Labute approximate surface area is 147 Å². The molecule has 0 radical (unpaired) electrons. The van der Waals surface area contributed by atoms with Crippen molar-refractivity contribution >= 4 is 22.7 Å². The second kappa shape index (κ2) is 4.47. The minimum Gasteiger partial charge on any atom is -0.192 e. The maximum Gasteiger partial charge on any atom is 0.156 e. The summed E-state index contributed by atoms with van der Waals surface area (Å²) < 4.78 is 0.707. The summed E-state index contributed by atoms with van der Waals surface area (Å²) in [5.41, 5.74) is 10.7. The highest BCUT2D eigenvalue weighted by Gasteiger charge is 2.53. The topological polar surface area (TPSA) is 0 Å². The van der Waals surface area contributed by atoms with E-state index in [2.05, 4.69) is 97.1 Å². The van der Waals surface area contributed by atoms with E-state index >= 15 is 0 Å². The molecule has 0 unspecified atom stereocenters. The van der Waals surface area contributed by atoms with Crippen molar-refractivity contribution in [2.45, 2.75) is 0 Å². The molecule has 1 heteroatoms. The van der Waals surface area contributed by atoms with Crippen molar-refractivity contribution in [2.75, 3.05) is 0 Å². The van der Waals surface area contributed by atoms with Crippen LogP contribution in [0.1, 0.15) is 0 Å². The van der Waals surface area contributed by atoms with Crippen LogP contribution in [-0.2, 0) is 0 Å². The molecule has 0 saturated heterocycles. The Hall–Kier alpha value is -3.16. The van der Waals surface area contributed by atoms with Crippen LogP contribution in [0.2, 0.25) is 0 Å². The molecule has 0 fully saturated rings. The van der Waals surface area contributed by atoms with Gasteiger partial charge in [0.2, 0.25) is 0 Å². The third kappa shape index (κ3) is 1.39.